The van der Waals surface area contributed by atoms with Crippen LogP contribution in [0.1, 0.15) is 18.4 Å². The Labute approximate surface area is 78.6 Å². The van der Waals surface area contributed by atoms with Gasteiger partial charge in [-0.15, -0.1) is 0 Å². The minimum Gasteiger partial charge on any atom is -0.384 e. The molecule has 0 unspecified atom stereocenters. The largest absolute Gasteiger partial charge is 0.384 e. The van der Waals surface area contributed by atoms with Gasteiger partial charge in [-0.2, -0.15) is 0 Å². The quantitative estimate of drug-likeness (QED) is 0.708. The highest BCUT2D eigenvalue weighted by molar-refractivity contribution is 5.48. The molecule has 1 fully saturated rings. The van der Waals surface area contributed by atoms with Gasteiger partial charge in [-0.25, -0.2) is 4.98 Å². The molecule has 2 N–H and O–H groups in total. The molecule has 13 heavy (non-hydrogen) atoms. The standard InChI is InChI=1S/C10H15N3/c1-8-6-9(11)12-10(7-8)13-4-2-3-5-13/h6-7H,2-5H2,1H3,(H2,11,12). The first-order valence-corrected chi connectivity index (χ1v) is 4.75. The minimum atomic E-state index is 0.627. The highest BCUT2D eigenvalue weighted by Crippen LogP contribution is 2.20. The summed E-state index contributed by atoms with van der Waals surface area (Å²) in [6.45, 7) is 4.30. The molecule has 0 spiro atoms. The summed E-state index contributed by atoms with van der Waals surface area (Å²) < 4.78 is 0. The molecule has 2 heterocycles. The Hall–Kier alpha value is -1.25. The van der Waals surface area contributed by atoms with Gasteiger partial charge in [0.25, 0.3) is 0 Å². The van der Waals surface area contributed by atoms with Gasteiger partial charge in [0, 0.05) is 13.1 Å². The van der Waals surface area contributed by atoms with Crippen molar-refractivity contribution in [3.8, 4) is 0 Å². The van der Waals surface area contributed by atoms with Crippen molar-refractivity contribution < 1.29 is 0 Å². The summed E-state index contributed by atoms with van der Waals surface area (Å²) in [5.74, 6) is 1.66. The van der Waals surface area contributed by atoms with Crippen molar-refractivity contribution >= 4 is 11.6 Å². The van der Waals surface area contributed by atoms with Crippen LogP contribution in [-0.2, 0) is 0 Å². The lowest BCUT2D eigenvalue weighted by atomic mass is 10.3. The molecule has 1 aromatic heterocycles. The predicted octanol–water partition coefficient (Wildman–Crippen LogP) is 1.57. The van der Waals surface area contributed by atoms with Crippen molar-refractivity contribution in [2.45, 2.75) is 19.8 Å². The van der Waals surface area contributed by atoms with Gasteiger partial charge in [0.15, 0.2) is 0 Å². The molecular formula is C10H15N3. The third kappa shape index (κ3) is 1.74. The Bertz CT molecular complexity index is 283. The SMILES string of the molecule is Cc1cc(N)nc(N2CCCC2)c1. The second-order valence-electron chi connectivity index (χ2n) is 3.62. The zero-order valence-corrected chi connectivity index (χ0v) is 7.95. The molecule has 2 rings (SSSR count). The number of aryl methyl sites for hydroxylation is 1. The number of nitrogen functional groups attached to an aromatic ring is 1. The number of anilines is 2. The maximum absolute atomic E-state index is 5.69. The summed E-state index contributed by atoms with van der Waals surface area (Å²) in [6.07, 6.45) is 2.55. The lowest BCUT2D eigenvalue weighted by molar-refractivity contribution is 0.937. The summed E-state index contributed by atoms with van der Waals surface area (Å²) in [6, 6.07) is 4.00. The number of hydrogen-bond donors (Lipinski definition) is 1. The van der Waals surface area contributed by atoms with Gasteiger partial charge in [0.05, 0.1) is 0 Å². The summed E-state index contributed by atoms with van der Waals surface area (Å²) in [5, 5.41) is 0. The molecule has 1 aliphatic heterocycles. The van der Waals surface area contributed by atoms with E-state index in [1.54, 1.807) is 0 Å². The lowest BCUT2D eigenvalue weighted by Crippen LogP contribution is -2.19. The number of rotatable bonds is 1. The maximum atomic E-state index is 5.69. The van der Waals surface area contributed by atoms with E-state index in [4.69, 9.17) is 5.73 Å². The second kappa shape index (κ2) is 3.24. The average Bonchev–Trinajstić information content (AvgIpc) is 2.53. The van der Waals surface area contributed by atoms with E-state index in [-0.39, 0.29) is 0 Å². The van der Waals surface area contributed by atoms with Gasteiger partial charge in [-0.3, -0.25) is 0 Å². The molecule has 0 saturated carbocycles. The molecule has 70 valence electrons. The Morgan fingerprint density at radius 3 is 2.62 bits per heavy atom. The summed E-state index contributed by atoms with van der Waals surface area (Å²) in [7, 11) is 0. The summed E-state index contributed by atoms with van der Waals surface area (Å²) in [5.41, 5.74) is 6.88. The van der Waals surface area contributed by atoms with Crippen molar-refractivity contribution in [2.24, 2.45) is 0 Å². The van der Waals surface area contributed by atoms with Gasteiger partial charge in [-0.1, -0.05) is 0 Å². The monoisotopic (exact) mass is 177 g/mol. The molecule has 0 amide bonds. The van der Waals surface area contributed by atoms with E-state index >= 15 is 0 Å². The molecule has 0 radical (unpaired) electrons. The van der Waals surface area contributed by atoms with Crippen molar-refractivity contribution in [1.82, 2.24) is 4.98 Å². The Morgan fingerprint density at radius 2 is 2.00 bits per heavy atom. The van der Waals surface area contributed by atoms with Crippen LogP contribution in [0.25, 0.3) is 0 Å². The van der Waals surface area contributed by atoms with E-state index in [2.05, 4.69) is 22.9 Å². The number of aromatic nitrogens is 1. The zero-order chi connectivity index (χ0) is 9.26. The summed E-state index contributed by atoms with van der Waals surface area (Å²) in [4.78, 5) is 6.61. The molecule has 0 atom stereocenters. The topological polar surface area (TPSA) is 42.1 Å². The van der Waals surface area contributed by atoms with Crippen molar-refractivity contribution in [2.75, 3.05) is 23.7 Å². The van der Waals surface area contributed by atoms with Gasteiger partial charge < -0.3 is 10.6 Å². The van der Waals surface area contributed by atoms with Crippen LogP contribution in [-0.4, -0.2) is 18.1 Å². The Balaban J connectivity index is 2.28. The van der Waals surface area contributed by atoms with Crippen LogP contribution >= 0.6 is 0 Å². The van der Waals surface area contributed by atoms with E-state index in [9.17, 15) is 0 Å². The highest BCUT2D eigenvalue weighted by atomic mass is 15.2. The molecular weight excluding hydrogens is 162 g/mol. The number of nitrogens with zero attached hydrogens (tertiary/aromatic N) is 2. The van der Waals surface area contributed by atoms with Gasteiger partial charge in [0.1, 0.15) is 11.6 Å². The van der Waals surface area contributed by atoms with Crippen LogP contribution in [0.2, 0.25) is 0 Å². The second-order valence-corrected chi connectivity index (χ2v) is 3.62. The van der Waals surface area contributed by atoms with E-state index in [0.29, 0.717) is 5.82 Å². The van der Waals surface area contributed by atoms with E-state index in [0.717, 1.165) is 18.9 Å². The smallest absolute Gasteiger partial charge is 0.131 e. The third-order valence-corrected chi connectivity index (χ3v) is 2.41. The maximum Gasteiger partial charge on any atom is 0.131 e. The number of hydrogen-bond acceptors (Lipinski definition) is 3. The van der Waals surface area contributed by atoms with Crippen molar-refractivity contribution in [3.05, 3.63) is 17.7 Å². The van der Waals surface area contributed by atoms with Crippen LogP contribution < -0.4 is 10.6 Å². The van der Waals surface area contributed by atoms with E-state index < -0.39 is 0 Å². The fourth-order valence-corrected chi connectivity index (χ4v) is 1.78. The first-order chi connectivity index (χ1) is 6.25. The summed E-state index contributed by atoms with van der Waals surface area (Å²) >= 11 is 0. The van der Waals surface area contributed by atoms with Crippen LogP contribution in [0, 0.1) is 6.92 Å². The third-order valence-electron chi connectivity index (χ3n) is 2.41. The van der Waals surface area contributed by atoms with E-state index in [1.165, 1.54) is 18.4 Å². The van der Waals surface area contributed by atoms with Gasteiger partial charge in [0.2, 0.25) is 0 Å². The van der Waals surface area contributed by atoms with Crippen molar-refractivity contribution in [3.63, 3.8) is 0 Å². The molecule has 1 aromatic rings. The predicted molar refractivity (Wildman–Crippen MR) is 54.8 cm³/mol. The number of pyridine rings is 1. The van der Waals surface area contributed by atoms with Crippen LogP contribution in [0.4, 0.5) is 11.6 Å². The van der Waals surface area contributed by atoms with Crippen molar-refractivity contribution in [1.29, 1.82) is 0 Å². The molecule has 0 aliphatic carbocycles. The van der Waals surface area contributed by atoms with Crippen LogP contribution in [0.5, 0.6) is 0 Å². The molecule has 0 aromatic carbocycles. The zero-order valence-electron chi connectivity index (χ0n) is 7.95. The Morgan fingerprint density at radius 1 is 1.31 bits per heavy atom. The average molecular weight is 177 g/mol. The van der Waals surface area contributed by atoms with E-state index in [1.807, 2.05) is 6.07 Å². The Kier molecular flexibility index (Phi) is 2.08. The first-order valence-electron chi connectivity index (χ1n) is 4.75. The number of nitrogens with two attached hydrogens (primary N) is 1. The normalized spacial score (nSPS) is 16.5. The molecule has 1 aliphatic rings. The molecule has 3 heteroatoms. The van der Waals surface area contributed by atoms with Gasteiger partial charge in [-0.05, 0) is 37.5 Å². The first kappa shape index (κ1) is 8.35. The molecule has 0 bridgehead atoms. The fourth-order valence-electron chi connectivity index (χ4n) is 1.78. The highest BCUT2D eigenvalue weighted by Gasteiger charge is 2.13. The lowest BCUT2D eigenvalue weighted by Gasteiger charge is -2.16. The molecule has 3 nitrogen and oxygen atoms in total. The fraction of sp³-hybridized carbons (Fsp3) is 0.500. The van der Waals surface area contributed by atoms with Crippen LogP contribution in [0.15, 0.2) is 12.1 Å². The molecule has 1 saturated heterocycles. The van der Waals surface area contributed by atoms with Gasteiger partial charge >= 0.3 is 0 Å². The minimum absolute atomic E-state index is 0.627. The van der Waals surface area contributed by atoms with Crippen LogP contribution in [0.3, 0.4) is 0 Å².